The summed E-state index contributed by atoms with van der Waals surface area (Å²) in [4.78, 5) is 0. The zero-order chi connectivity index (χ0) is 13.7. The molecule has 0 radical (unpaired) electrons. The van der Waals surface area contributed by atoms with Gasteiger partial charge in [-0.3, -0.25) is 0 Å². The number of hydrogen-bond donors (Lipinski definition) is 1. The molecule has 1 aromatic carbocycles. The van der Waals surface area contributed by atoms with Crippen LogP contribution in [0.4, 0.5) is 0 Å². The van der Waals surface area contributed by atoms with E-state index in [1.807, 2.05) is 11.8 Å². The maximum Gasteiger partial charge on any atom is 0.0225 e. The van der Waals surface area contributed by atoms with E-state index in [0.29, 0.717) is 16.7 Å². The van der Waals surface area contributed by atoms with Gasteiger partial charge in [-0.25, -0.2) is 0 Å². The van der Waals surface area contributed by atoms with E-state index in [1.54, 1.807) is 0 Å². The summed E-state index contributed by atoms with van der Waals surface area (Å²) in [6.45, 7) is 5.75. The minimum absolute atomic E-state index is 0.332. The van der Waals surface area contributed by atoms with Crippen molar-refractivity contribution in [1.29, 1.82) is 0 Å². The predicted molar refractivity (Wildman–Crippen MR) is 87.0 cm³/mol. The molecule has 0 heterocycles. The van der Waals surface area contributed by atoms with Gasteiger partial charge in [0.05, 0.1) is 0 Å². The second kappa shape index (κ2) is 6.81. The molecule has 0 amide bonds. The number of nitrogens with one attached hydrogen (secondary N) is 1. The third-order valence-corrected chi connectivity index (χ3v) is 5.59. The van der Waals surface area contributed by atoms with Crippen molar-refractivity contribution < 1.29 is 0 Å². The molecule has 2 atom stereocenters. The van der Waals surface area contributed by atoms with Gasteiger partial charge in [0.1, 0.15) is 0 Å². The highest BCUT2D eigenvalue weighted by atomic mass is 32.2. The molecular weight excluding hydrogens is 250 g/mol. The van der Waals surface area contributed by atoms with Crippen molar-refractivity contribution in [2.24, 2.45) is 0 Å². The Balaban J connectivity index is 2.01. The van der Waals surface area contributed by atoms with E-state index in [0.717, 1.165) is 6.54 Å². The van der Waals surface area contributed by atoms with E-state index >= 15 is 0 Å². The van der Waals surface area contributed by atoms with Crippen LogP contribution in [-0.4, -0.2) is 23.6 Å². The Kier molecular flexibility index (Phi) is 5.35. The van der Waals surface area contributed by atoms with Crippen molar-refractivity contribution >= 4 is 11.8 Å². The van der Waals surface area contributed by atoms with Crippen LogP contribution in [0.15, 0.2) is 30.3 Å². The largest absolute Gasteiger partial charge is 0.312 e. The molecule has 106 valence electrons. The SMILES string of the molecule is CSC(C)(C)CNC1CCCCC1c1ccccc1. The number of hydrogen-bond acceptors (Lipinski definition) is 2. The van der Waals surface area contributed by atoms with Crippen LogP contribution in [0.1, 0.15) is 51.0 Å². The fourth-order valence-corrected chi connectivity index (χ4v) is 3.15. The lowest BCUT2D eigenvalue weighted by Crippen LogP contribution is -2.43. The minimum Gasteiger partial charge on any atom is -0.312 e. The number of rotatable bonds is 5. The Labute approximate surface area is 122 Å². The standard InChI is InChI=1S/C17H27NS/c1-17(2,19-3)13-18-16-12-8-7-11-15(16)14-9-5-4-6-10-14/h4-6,9-10,15-16,18H,7-8,11-13H2,1-3H3. The monoisotopic (exact) mass is 277 g/mol. The van der Waals surface area contributed by atoms with E-state index in [1.165, 1.54) is 31.2 Å². The van der Waals surface area contributed by atoms with Gasteiger partial charge < -0.3 is 5.32 Å². The molecule has 1 aliphatic rings. The van der Waals surface area contributed by atoms with E-state index in [2.05, 4.69) is 55.8 Å². The maximum absolute atomic E-state index is 3.84. The lowest BCUT2D eigenvalue weighted by molar-refractivity contribution is 0.321. The highest BCUT2D eigenvalue weighted by Crippen LogP contribution is 2.33. The van der Waals surface area contributed by atoms with E-state index in [-0.39, 0.29) is 0 Å². The van der Waals surface area contributed by atoms with Gasteiger partial charge in [0, 0.05) is 17.3 Å². The molecule has 1 saturated carbocycles. The molecule has 2 unspecified atom stereocenters. The molecule has 0 aliphatic heterocycles. The van der Waals surface area contributed by atoms with Gasteiger partial charge >= 0.3 is 0 Å². The van der Waals surface area contributed by atoms with Crippen LogP contribution in [0.5, 0.6) is 0 Å². The second-order valence-electron chi connectivity index (χ2n) is 6.25. The molecular formula is C17H27NS. The van der Waals surface area contributed by atoms with Crippen LogP contribution in [0.25, 0.3) is 0 Å². The van der Waals surface area contributed by atoms with E-state index in [9.17, 15) is 0 Å². The Hall–Kier alpha value is -0.470. The molecule has 0 spiro atoms. The summed E-state index contributed by atoms with van der Waals surface area (Å²) < 4.78 is 0.332. The summed E-state index contributed by atoms with van der Waals surface area (Å²) in [5.41, 5.74) is 1.52. The average molecular weight is 277 g/mol. The Morgan fingerprint density at radius 3 is 2.53 bits per heavy atom. The van der Waals surface area contributed by atoms with Crippen LogP contribution >= 0.6 is 11.8 Å². The molecule has 0 bridgehead atoms. The lowest BCUT2D eigenvalue weighted by atomic mass is 9.80. The van der Waals surface area contributed by atoms with E-state index < -0.39 is 0 Å². The quantitative estimate of drug-likeness (QED) is 0.853. The first-order chi connectivity index (χ1) is 9.12. The number of benzene rings is 1. The Morgan fingerprint density at radius 1 is 1.16 bits per heavy atom. The topological polar surface area (TPSA) is 12.0 Å². The zero-order valence-electron chi connectivity index (χ0n) is 12.5. The first-order valence-electron chi connectivity index (χ1n) is 7.46. The summed E-state index contributed by atoms with van der Waals surface area (Å²) in [5, 5.41) is 3.84. The van der Waals surface area contributed by atoms with Crippen molar-refractivity contribution in [1.82, 2.24) is 5.32 Å². The third-order valence-electron chi connectivity index (χ3n) is 4.34. The van der Waals surface area contributed by atoms with Gasteiger partial charge in [0.25, 0.3) is 0 Å². The fraction of sp³-hybridized carbons (Fsp3) is 0.647. The Morgan fingerprint density at radius 2 is 1.84 bits per heavy atom. The minimum atomic E-state index is 0.332. The molecule has 1 aliphatic carbocycles. The molecule has 2 rings (SSSR count). The van der Waals surface area contributed by atoms with Crippen LogP contribution < -0.4 is 5.32 Å². The summed E-state index contributed by atoms with van der Waals surface area (Å²) >= 11 is 1.95. The predicted octanol–water partition coefficient (Wildman–Crippen LogP) is 4.44. The highest BCUT2D eigenvalue weighted by molar-refractivity contribution is 7.99. The molecule has 2 heteroatoms. The van der Waals surface area contributed by atoms with E-state index in [4.69, 9.17) is 0 Å². The average Bonchev–Trinajstić information content (AvgIpc) is 2.46. The highest BCUT2D eigenvalue weighted by Gasteiger charge is 2.27. The fourth-order valence-electron chi connectivity index (χ4n) is 2.92. The normalized spacial score (nSPS) is 24.4. The third kappa shape index (κ3) is 4.25. The van der Waals surface area contributed by atoms with Gasteiger partial charge in [-0.15, -0.1) is 0 Å². The first kappa shape index (κ1) is 14.9. The Bertz CT molecular complexity index is 374. The van der Waals surface area contributed by atoms with Crippen LogP contribution in [0, 0.1) is 0 Å². The van der Waals surface area contributed by atoms with Gasteiger partial charge in [-0.2, -0.15) is 11.8 Å². The van der Waals surface area contributed by atoms with Gasteiger partial charge in [0.15, 0.2) is 0 Å². The number of thioether (sulfide) groups is 1. The smallest absolute Gasteiger partial charge is 0.0225 e. The first-order valence-corrected chi connectivity index (χ1v) is 8.68. The molecule has 1 N–H and O–H groups in total. The van der Waals surface area contributed by atoms with Crippen LogP contribution in [0.3, 0.4) is 0 Å². The summed E-state index contributed by atoms with van der Waals surface area (Å²) in [7, 11) is 0. The molecule has 1 aromatic rings. The summed E-state index contributed by atoms with van der Waals surface area (Å²) in [6, 6.07) is 11.7. The molecule has 0 aromatic heterocycles. The summed E-state index contributed by atoms with van der Waals surface area (Å²) in [5.74, 6) is 0.701. The van der Waals surface area contributed by atoms with Gasteiger partial charge in [-0.1, -0.05) is 43.2 Å². The van der Waals surface area contributed by atoms with Crippen molar-refractivity contribution in [3.63, 3.8) is 0 Å². The van der Waals surface area contributed by atoms with Gasteiger partial charge in [-0.05, 0) is 44.4 Å². The van der Waals surface area contributed by atoms with Crippen molar-refractivity contribution in [2.45, 2.75) is 56.2 Å². The van der Waals surface area contributed by atoms with Gasteiger partial charge in [0.2, 0.25) is 0 Å². The molecule has 1 nitrogen and oxygen atoms in total. The summed E-state index contributed by atoms with van der Waals surface area (Å²) in [6.07, 6.45) is 7.62. The van der Waals surface area contributed by atoms with Crippen molar-refractivity contribution in [3.05, 3.63) is 35.9 Å². The molecule has 19 heavy (non-hydrogen) atoms. The lowest BCUT2D eigenvalue weighted by Gasteiger charge is -2.35. The van der Waals surface area contributed by atoms with Crippen LogP contribution in [-0.2, 0) is 0 Å². The molecule has 0 saturated heterocycles. The second-order valence-corrected chi connectivity index (χ2v) is 7.77. The molecule has 1 fully saturated rings. The zero-order valence-corrected chi connectivity index (χ0v) is 13.3. The van der Waals surface area contributed by atoms with Crippen molar-refractivity contribution in [3.8, 4) is 0 Å². The van der Waals surface area contributed by atoms with Crippen LogP contribution in [0.2, 0.25) is 0 Å². The maximum atomic E-state index is 3.84. The van der Waals surface area contributed by atoms with Crippen molar-refractivity contribution in [2.75, 3.05) is 12.8 Å².